The van der Waals surface area contributed by atoms with Crippen LogP contribution in [0.3, 0.4) is 0 Å². The largest absolute Gasteiger partial charge is 0.488 e. The number of ether oxygens (including phenoxy) is 2. The average molecular weight is 493 g/mol. The molecule has 1 aliphatic carbocycles. The number of hydrogen-bond acceptors (Lipinski definition) is 5. The minimum Gasteiger partial charge on any atom is -0.488 e. The van der Waals surface area contributed by atoms with Crippen molar-refractivity contribution in [1.82, 2.24) is 4.98 Å². The van der Waals surface area contributed by atoms with Crippen LogP contribution in [-0.2, 0) is 26.1 Å². The first-order valence-electron chi connectivity index (χ1n) is 12.2. The number of pyridine rings is 1. The molecule has 5 rings (SSSR count). The highest BCUT2D eigenvalue weighted by molar-refractivity contribution is 5.84. The van der Waals surface area contributed by atoms with Crippen LogP contribution in [0.15, 0.2) is 67.0 Å². The highest BCUT2D eigenvalue weighted by atomic mass is 19.1. The molecule has 1 aliphatic rings. The molecule has 0 unspecified atom stereocenters. The quantitative estimate of drug-likeness (QED) is 0.262. The summed E-state index contributed by atoms with van der Waals surface area (Å²) in [5.74, 6) is 0.911. The lowest BCUT2D eigenvalue weighted by atomic mass is 9.96. The molecule has 0 atom stereocenters. The number of nitrogens with zero attached hydrogens (tertiary/aromatic N) is 2. The first-order chi connectivity index (χ1) is 18.1. The number of carbonyl (C=O) groups excluding carboxylic acids is 1. The maximum Gasteiger partial charge on any atom is 0.154 e. The number of benzene rings is 3. The molecule has 6 heteroatoms. The molecule has 4 aromatic rings. The molecule has 0 radical (unpaired) electrons. The van der Waals surface area contributed by atoms with Crippen LogP contribution >= 0.6 is 0 Å². The average Bonchev–Trinajstić information content (AvgIpc) is 3.42. The zero-order valence-electron chi connectivity index (χ0n) is 20.5. The van der Waals surface area contributed by atoms with Gasteiger partial charge in [-0.3, -0.25) is 9.78 Å². The van der Waals surface area contributed by atoms with Gasteiger partial charge in [0.2, 0.25) is 0 Å². The normalized spacial score (nSPS) is 12.0. The Kier molecular flexibility index (Phi) is 6.96. The molecule has 0 amide bonds. The standard InChI is InChI=1S/C31H25FN2O3/c1-20-24(4-2-5-26(20)23-8-10-25(32)11-9-23)19-37-30-13-31(29(17-35)27-6-3-7-28(27)30)36-18-22-12-21(14-33)15-34-16-22/h2,4-5,8-13,15-17H,3,6-7,18-19H2,1H3. The summed E-state index contributed by atoms with van der Waals surface area (Å²) in [6, 6.07) is 18.1. The van der Waals surface area contributed by atoms with Crippen molar-refractivity contribution >= 4 is 6.29 Å². The number of aromatic nitrogens is 1. The smallest absolute Gasteiger partial charge is 0.154 e. The summed E-state index contributed by atoms with van der Waals surface area (Å²) in [4.78, 5) is 16.1. The van der Waals surface area contributed by atoms with Crippen molar-refractivity contribution in [3.05, 3.63) is 112 Å². The Labute approximate surface area is 215 Å². The Balaban J connectivity index is 1.41. The topological polar surface area (TPSA) is 72.2 Å². The summed E-state index contributed by atoms with van der Waals surface area (Å²) in [6.45, 7) is 2.57. The lowest BCUT2D eigenvalue weighted by molar-refractivity contribution is 0.111. The second kappa shape index (κ2) is 10.6. The third-order valence-electron chi connectivity index (χ3n) is 6.79. The van der Waals surface area contributed by atoms with Crippen LogP contribution in [0, 0.1) is 24.1 Å². The van der Waals surface area contributed by atoms with E-state index in [0.29, 0.717) is 29.2 Å². The van der Waals surface area contributed by atoms with Crippen molar-refractivity contribution in [3.8, 4) is 28.7 Å². The van der Waals surface area contributed by atoms with E-state index in [-0.39, 0.29) is 12.4 Å². The predicted octanol–water partition coefficient (Wildman–Crippen LogP) is 6.53. The zero-order chi connectivity index (χ0) is 25.8. The van der Waals surface area contributed by atoms with E-state index < -0.39 is 0 Å². The van der Waals surface area contributed by atoms with E-state index in [9.17, 15) is 9.18 Å². The maximum absolute atomic E-state index is 13.4. The minimum absolute atomic E-state index is 0.181. The molecular weight excluding hydrogens is 467 g/mol. The van der Waals surface area contributed by atoms with Gasteiger partial charge in [0.25, 0.3) is 0 Å². The van der Waals surface area contributed by atoms with Gasteiger partial charge in [0.05, 0.1) is 11.1 Å². The first-order valence-corrected chi connectivity index (χ1v) is 12.2. The fourth-order valence-electron chi connectivity index (χ4n) is 4.85. The summed E-state index contributed by atoms with van der Waals surface area (Å²) in [5.41, 5.74) is 7.84. The molecule has 0 N–H and O–H groups in total. The van der Waals surface area contributed by atoms with Crippen molar-refractivity contribution in [2.75, 3.05) is 0 Å². The molecule has 0 saturated carbocycles. The highest BCUT2D eigenvalue weighted by Crippen LogP contribution is 2.39. The van der Waals surface area contributed by atoms with Gasteiger partial charge in [0, 0.05) is 24.0 Å². The number of hydrogen-bond donors (Lipinski definition) is 0. The van der Waals surface area contributed by atoms with Crippen molar-refractivity contribution in [3.63, 3.8) is 0 Å². The Morgan fingerprint density at radius 2 is 1.78 bits per heavy atom. The van der Waals surface area contributed by atoms with Gasteiger partial charge in [-0.25, -0.2) is 4.39 Å². The Morgan fingerprint density at radius 3 is 2.57 bits per heavy atom. The van der Waals surface area contributed by atoms with Gasteiger partial charge in [-0.2, -0.15) is 5.26 Å². The Bertz CT molecular complexity index is 1510. The third-order valence-corrected chi connectivity index (χ3v) is 6.79. The summed E-state index contributed by atoms with van der Waals surface area (Å²) >= 11 is 0. The fraction of sp³-hybridized carbons (Fsp3) is 0.194. The fourth-order valence-corrected chi connectivity index (χ4v) is 4.85. The van der Waals surface area contributed by atoms with Crippen LogP contribution in [0.25, 0.3) is 11.1 Å². The SMILES string of the molecule is Cc1c(COc2cc(OCc3cncc(C#N)c3)c(C=O)c3c2CCC3)cccc1-c1ccc(F)cc1. The van der Waals surface area contributed by atoms with Gasteiger partial charge in [0.1, 0.15) is 36.6 Å². The Hall–Kier alpha value is -4.50. The third kappa shape index (κ3) is 5.07. The molecule has 1 heterocycles. The lowest BCUT2D eigenvalue weighted by Crippen LogP contribution is -2.06. The van der Waals surface area contributed by atoms with Crippen molar-refractivity contribution in [2.24, 2.45) is 0 Å². The number of aldehydes is 1. The van der Waals surface area contributed by atoms with Crippen LogP contribution in [0.4, 0.5) is 4.39 Å². The summed E-state index contributed by atoms with van der Waals surface area (Å²) in [5, 5.41) is 9.13. The van der Waals surface area contributed by atoms with Gasteiger partial charge >= 0.3 is 0 Å². The van der Waals surface area contributed by atoms with Crippen LogP contribution in [0.2, 0.25) is 0 Å². The van der Waals surface area contributed by atoms with Crippen molar-refractivity contribution < 1.29 is 18.7 Å². The number of halogens is 1. The van der Waals surface area contributed by atoms with Gasteiger partial charge < -0.3 is 9.47 Å². The van der Waals surface area contributed by atoms with Gasteiger partial charge in [0.15, 0.2) is 6.29 Å². The zero-order valence-corrected chi connectivity index (χ0v) is 20.5. The molecule has 0 bridgehead atoms. The van der Waals surface area contributed by atoms with E-state index in [4.69, 9.17) is 14.7 Å². The van der Waals surface area contributed by atoms with Gasteiger partial charge in [-0.1, -0.05) is 30.3 Å². The Morgan fingerprint density at radius 1 is 1.00 bits per heavy atom. The molecule has 1 aromatic heterocycles. The molecule has 3 aromatic carbocycles. The van der Waals surface area contributed by atoms with E-state index in [2.05, 4.69) is 11.1 Å². The second-order valence-corrected chi connectivity index (χ2v) is 9.08. The van der Waals surface area contributed by atoms with Gasteiger partial charge in [-0.05, 0) is 77.8 Å². The van der Waals surface area contributed by atoms with Crippen molar-refractivity contribution in [2.45, 2.75) is 39.4 Å². The summed E-state index contributed by atoms with van der Waals surface area (Å²) in [6.07, 6.45) is 6.57. The van der Waals surface area contributed by atoms with E-state index in [1.54, 1.807) is 30.5 Å². The van der Waals surface area contributed by atoms with Crippen molar-refractivity contribution in [1.29, 1.82) is 5.26 Å². The molecule has 0 saturated heterocycles. The number of rotatable bonds is 8. The number of fused-ring (bicyclic) bond motifs is 1. The maximum atomic E-state index is 13.4. The van der Waals surface area contributed by atoms with E-state index >= 15 is 0 Å². The number of carbonyl (C=O) groups is 1. The highest BCUT2D eigenvalue weighted by Gasteiger charge is 2.24. The molecule has 184 valence electrons. The van der Waals surface area contributed by atoms with Gasteiger partial charge in [-0.15, -0.1) is 0 Å². The molecule has 5 nitrogen and oxygen atoms in total. The van der Waals surface area contributed by atoms with E-state index in [1.165, 1.54) is 18.3 Å². The summed E-state index contributed by atoms with van der Waals surface area (Å²) in [7, 11) is 0. The molecular formula is C31H25FN2O3. The lowest BCUT2D eigenvalue weighted by Gasteiger charge is -2.18. The van der Waals surface area contributed by atoms with Crippen LogP contribution in [0.1, 0.15) is 50.2 Å². The molecule has 0 fully saturated rings. The monoisotopic (exact) mass is 492 g/mol. The van der Waals surface area contributed by atoms with Crippen LogP contribution < -0.4 is 9.47 Å². The molecule has 0 spiro atoms. The van der Waals surface area contributed by atoms with E-state index in [1.807, 2.05) is 25.1 Å². The van der Waals surface area contributed by atoms with E-state index in [0.717, 1.165) is 64.5 Å². The van der Waals surface area contributed by atoms with Crippen LogP contribution in [0.5, 0.6) is 11.5 Å². The summed E-state index contributed by atoms with van der Waals surface area (Å²) < 4.78 is 25.8. The predicted molar refractivity (Wildman–Crippen MR) is 138 cm³/mol. The molecule has 37 heavy (non-hydrogen) atoms. The first kappa shape index (κ1) is 24.2. The second-order valence-electron chi connectivity index (χ2n) is 9.08. The minimum atomic E-state index is -0.263. The number of nitriles is 1. The molecule has 0 aliphatic heterocycles. The van der Waals surface area contributed by atoms with Crippen LogP contribution in [-0.4, -0.2) is 11.3 Å².